The maximum Gasteiger partial charge on any atom is 0.0664 e. The standard InChI is InChI=1S/C11H13N/c1-8-4-3-5-11-10(8)7-6-9(2)12-11/h5-7H,3-4H2,1-2H3. The van der Waals surface area contributed by atoms with Crippen molar-refractivity contribution in [3.8, 4) is 0 Å². The minimum atomic E-state index is 1.11. The van der Waals surface area contributed by atoms with Gasteiger partial charge in [-0.05, 0) is 38.0 Å². The first-order valence-electron chi connectivity index (χ1n) is 4.41. The summed E-state index contributed by atoms with van der Waals surface area (Å²) < 4.78 is 0. The molecule has 0 fully saturated rings. The monoisotopic (exact) mass is 159 g/mol. The number of hydrogen-bond acceptors (Lipinski definition) is 1. The Morgan fingerprint density at radius 3 is 2.92 bits per heavy atom. The molecule has 62 valence electrons. The quantitative estimate of drug-likeness (QED) is 0.553. The molecule has 1 nitrogen and oxygen atoms in total. The average Bonchev–Trinajstić information content (AvgIpc) is 2.04. The maximum absolute atomic E-state index is 4.49. The second-order valence-corrected chi connectivity index (χ2v) is 3.41. The van der Waals surface area contributed by atoms with Crippen LogP contribution in [0.5, 0.6) is 0 Å². The summed E-state index contributed by atoms with van der Waals surface area (Å²) in [5.74, 6) is 0. The lowest BCUT2D eigenvalue weighted by atomic mass is 10.0. The van der Waals surface area contributed by atoms with E-state index in [9.17, 15) is 0 Å². The van der Waals surface area contributed by atoms with Gasteiger partial charge in [0, 0.05) is 5.69 Å². The summed E-state index contributed by atoms with van der Waals surface area (Å²) >= 11 is 0. The predicted molar refractivity (Wildman–Crippen MR) is 51.0 cm³/mol. The van der Waals surface area contributed by atoms with Crippen molar-refractivity contribution in [2.45, 2.75) is 26.7 Å². The minimum absolute atomic E-state index is 1.11. The Bertz CT molecular complexity index is 415. The molecule has 0 saturated heterocycles. The fourth-order valence-electron chi connectivity index (χ4n) is 1.65. The largest absolute Gasteiger partial charge is 0.253 e. The molecule has 1 aliphatic carbocycles. The summed E-state index contributed by atoms with van der Waals surface area (Å²) in [5, 5.41) is 2.52. The van der Waals surface area contributed by atoms with Crippen LogP contribution in [0.1, 0.15) is 25.5 Å². The van der Waals surface area contributed by atoms with Gasteiger partial charge in [-0.3, -0.25) is 4.98 Å². The van der Waals surface area contributed by atoms with Crippen LogP contribution >= 0.6 is 0 Å². The number of fused-ring (bicyclic) bond motifs is 1. The molecular formula is C11H13N. The summed E-state index contributed by atoms with van der Waals surface area (Å²) in [5.41, 5.74) is 2.58. The van der Waals surface area contributed by atoms with E-state index in [1.165, 1.54) is 22.6 Å². The van der Waals surface area contributed by atoms with Crippen LogP contribution in [0.25, 0.3) is 11.6 Å². The number of nitrogens with zero attached hydrogens (tertiary/aromatic N) is 1. The van der Waals surface area contributed by atoms with E-state index in [4.69, 9.17) is 0 Å². The first-order valence-corrected chi connectivity index (χ1v) is 4.41. The van der Waals surface area contributed by atoms with Gasteiger partial charge in [0.05, 0.1) is 5.35 Å². The van der Waals surface area contributed by atoms with Gasteiger partial charge in [0.2, 0.25) is 0 Å². The Morgan fingerprint density at radius 1 is 1.25 bits per heavy atom. The van der Waals surface area contributed by atoms with Gasteiger partial charge in [-0.2, -0.15) is 0 Å². The van der Waals surface area contributed by atoms with Crippen molar-refractivity contribution in [2.24, 2.45) is 0 Å². The Balaban J connectivity index is 2.85. The molecule has 12 heavy (non-hydrogen) atoms. The molecule has 2 rings (SSSR count). The molecule has 1 aromatic heterocycles. The molecule has 0 amide bonds. The highest BCUT2D eigenvalue weighted by atomic mass is 14.7. The third-order valence-corrected chi connectivity index (χ3v) is 2.38. The van der Waals surface area contributed by atoms with Gasteiger partial charge in [-0.1, -0.05) is 17.7 Å². The number of rotatable bonds is 0. The summed E-state index contributed by atoms with van der Waals surface area (Å²) in [7, 11) is 0. The fourth-order valence-corrected chi connectivity index (χ4v) is 1.65. The van der Waals surface area contributed by atoms with Crippen LogP contribution in [-0.2, 0) is 0 Å². The fraction of sp³-hybridized carbons (Fsp3) is 0.364. The average molecular weight is 159 g/mol. The van der Waals surface area contributed by atoms with E-state index in [2.05, 4.69) is 30.1 Å². The SMILES string of the molecule is CC1=c2ccc(C)nc2=CCC1. The van der Waals surface area contributed by atoms with Crippen LogP contribution in [-0.4, -0.2) is 4.98 Å². The number of aryl methyl sites for hydroxylation is 1. The number of hydrogen-bond donors (Lipinski definition) is 0. The van der Waals surface area contributed by atoms with Crippen molar-refractivity contribution in [3.05, 3.63) is 28.4 Å². The first-order chi connectivity index (χ1) is 5.77. The predicted octanol–water partition coefficient (Wildman–Crippen LogP) is 1.13. The van der Waals surface area contributed by atoms with Gasteiger partial charge in [0.1, 0.15) is 0 Å². The number of aromatic nitrogens is 1. The minimum Gasteiger partial charge on any atom is -0.253 e. The van der Waals surface area contributed by atoms with Crippen LogP contribution in [0.4, 0.5) is 0 Å². The Labute approximate surface area is 72.5 Å². The highest BCUT2D eigenvalue weighted by Gasteiger charge is 1.99. The second kappa shape index (κ2) is 2.74. The van der Waals surface area contributed by atoms with E-state index in [0.717, 1.165) is 12.1 Å². The lowest BCUT2D eigenvalue weighted by molar-refractivity contribution is 1.02. The van der Waals surface area contributed by atoms with Crippen LogP contribution < -0.4 is 10.6 Å². The van der Waals surface area contributed by atoms with Gasteiger partial charge in [-0.25, -0.2) is 0 Å². The van der Waals surface area contributed by atoms with Crippen molar-refractivity contribution in [3.63, 3.8) is 0 Å². The van der Waals surface area contributed by atoms with Crippen molar-refractivity contribution in [1.82, 2.24) is 4.98 Å². The lowest BCUT2D eigenvalue weighted by Gasteiger charge is -2.05. The van der Waals surface area contributed by atoms with Gasteiger partial charge < -0.3 is 0 Å². The molecule has 1 aliphatic rings. The van der Waals surface area contributed by atoms with E-state index in [-0.39, 0.29) is 0 Å². The highest BCUT2D eigenvalue weighted by molar-refractivity contribution is 5.47. The molecule has 0 unspecified atom stereocenters. The summed E-state index contributed by atoms with van der Waals surface area (Å²) in [6.07, 6.45) is 4.57. The van der Waals surface area contributed by atoms with E-state index < -0.39 is 0 Å². The molecule has 0 saturated carbocycles. The van der Waals surface area contributed by atoms with Gasteiger partial charge in [0.15, 0.2) is 0 Å². The van der Waals surface area contributed by atoms with Crippen molar-refractivity contribution in [1.29, 1.82) is 0 Å². The van der Waals surface area contributed by atoms with E-state index >= 15 is 0 Å². The first kappa shape index (κ1) is 7.53. The molecule has 0 radical (unpaired) electrons. The van der Waals surface area contributed by atoms with Crippen LogP contribution in [0, 0.1) is 6.92 Å². The van der Waals surface area contributed by atoms with E-state index in [0.29, 0.717) is 0 Å². The van der Waals surface area contributed by atoms with E-state index in [1.54, 1.807) is 0 Å². The third-order valence-electron chi connectivity index (χ3n) is 2.38. The molecule has 1 aromatic rings. The Kier molecular flexibility index (Phi) is 1.72. The zero-order valence-corrected chi connectivity index (χ0v) is 7.59. The molecule has 0 atom stereocenters. The normalized spacial score (nSPS) is 15.3. The molecule has 0 spiro atoms. The summed E-state index contributed by atoms with van der Waals surface area (Å²) in [6.45, 7) is 4.24. The lowest BCUT2D eigenvalue weighted by Crippen LogP contribution is -2.32. The zero-order chi connectivity index (χ0) is 8.55. The Morgan fingerprint density at radius 2 is 2.08 bits per heavy atom. The van der Waals surface area contributed by atoms with Crippen molar-refractivity contribution in [2.75, 3.05) is 0 Å². The molecule has 1 heterocycles. The maximum atomic E-state index is 4.49. The van der Waals surface area contributed by atoms with Crippen molar-refractivity contribution < 1.29 is 0 Å². The van der Waals surface area contributed by atoms with Gasteiger partial charge in [-0.15, -0.1) is 0 Å². The summed E-state index contributed by atoms with van der Waals surface area (Å²) in [4.78, 5) is 4.49. The Hall–Kier alpha value is -1.11. The van der Waals surface area contributed by atoms with Crippen molar-refractivity contribution >= 4 is 11.6 Å². The molecule has 0 bridgehead atoms. The smallest absolute Gasteiger partial charge is 0.0664 e. The third kappa shape index (κ3) is 1.15. The number of pyridine rings is 1. The molecular weight excluding hydrogens is 146 g/mol. The van der Waals surface area contributed by atoms with Crippen LogP contribution in [0.3, 0.4) is 0 Å². The molecule has 1 heteroatoms. The topological polar surface area (TPSA) is 12.9 Å². The van der Waals surface area contributed by atoms with Crippen LogP contribution in [0.15, 0.2) is 12.1 Å². The van der Waals surface area contributed by atoms with E-state index in [1.807, 2.05) is 6.92 Å². The molecule has 0 N–H and O–H groups in total. The zero-order valence-electron chi connectivity index (χ0n) is 7.59. The van der Waals surface area contributed by atoms with Crippen LogP contribution in [0.2, 0.25) is 0 Å². The highest BCUT2D eigenvalue weighted by Crippen LogP contribution is 2.05. The second-order valence-electron chi connectivity index (χ2n) is 3.41. The molecule has 0 aromatic carbocycles. The van der Waals surface area contributed by atoms with Gasteiger partial charge in [0.25, 0.3) is 0 Å². The summed E-state index contributed by atoms with van der Waals surface area (Å²) in [6, 6.07) is 4.27. The molecule has 0 aliphatic heterocycles. The van der Waals surface area contributed by atoms with Gasteiger partial charge >= 0.3 is 0 Å².